The van der Waals surface area contributed by atoms with E-state index < -0.39 is 0 Å². The zero-order valence-corrected chi connectivity index (χ0v) is 41.5. The average Bonchev–Trinajstić information content (AvgIpc) is 4.14. The SMILES string of the molecule is C1=CC2CC2c2c(c3cc(N(C4=CCc5c(n(-c6ccccc6)c6ccc(N(C7=CCc8c(n(-c9ccccc9)c9ccccc89)C=C7)c7ccccc7)cc56)C=C4)c4ccccc4)ccc3n2-c2ccccc2)C1. The lowest BCUT2D eigenvalue weighted by molar-refractivity contribution is 0.902. The van der Waals surface area contributed by atoms with Crippen molar-refractivity contribution in [2.45, 2.75) is 31.6 Å². The van der Waals surface area contributed by atoms with Crippen molar-refractivity contribution in [2.24, 2.45) is 5.92 Å². The predicted octanol–water partition coefficient (Wildman–Crippen LogP) is 17.3. The minimum atomic E-state index is 0.554. The molecule has 2 atom stereocenters. The summed E-state index contributed by atoms with van der Waals surface area (Å²) in [5, 5.41) is 3.86. The van der Waals surface area contributed by atoms with E-state index in [0.717, 1.165) is 64.8 Å². The Morgan fingerprint density at radius 1 is 0.360 bits per heavy atom. The van der Waals surface area contributed by atoms with Gasteiger partial charge in [0.2, 0.25) is 0 Å². The van der Waals surface area contributed by atoms with E-state index in [1.54, 1.807) is 0 Å². The quantitative estimate of drug-likeness (QED) is 0.134. The zero-order chi connectivity index (χ0) is 49.4. The molecule has 0 N–H and O–H groups in total. The highest BCUT2D eigenvalue weighted by molar-refractivity contribution is 5.97. The second kappa shape index (κ2) is 17.7. The van der Waals surface area contributed by atoms with Gasteiger partial charge >= 0.3 is 0 Å². The molecule has 0 amide bonds. The number of allylic oxidation sites excluding steroid dienone is 6. The van der Waals surface area contributed by atoms with Gasteiger partial charge < -0.3 is 23.5 Å². The summed E-state index contributed by atoms with van der Waals surface area (Å²) in [6.45, 7) is 0. The lowest BCUT2D eigenvalue weighted by atomic mass is 10.0. The molecule has 0 spiro atoms. The molecule has 2 unspecified atom stereocenters. The Bertz CT molecular complexity index is 4170. The fourth-order valence-electron chi connectivity index (χ4n) is 12.6. The lowest BCUT2D eigenvalue weighted by Gasteiger charge is -2.27. The zero-order valence-electron chi connectivity index (χ0n) is 41.5. The molecule has 15 rings (SSSR count). The van der Waals surface area contributed by atoms with Crippen molar-refractivity contribution in [3.05, 3.63) is 294 Å². The van der Waals surface area contributed by atoms with E-state index >= 15 is 0 Å². The van der Waals surface area contributed by atoms with Crippen LogP contribution < -0.4 is 9.80 Å². The van der Waals surface area contributed by atoms with Gasteiger partial charge in [0.25, 0.3) is 0 Å². The molecule has 5 nitrogen and oxygen atoms in total. The van der Waals surface area contributed by atoms with Crippen molar-refractivity contribution in [1.29, 1.82) is 0 Å². The van der Waals surface area contributed by atoms with Crippen LogP contribution in [0, 0.1) is 5.92 Å². The second-order valence-electron chi connectivity index (χ2n) is 20.3. The Kier molecular flexibility index (Phi) is 10.2. The average molecular weight is 964 g/mol. The maximum absolute atomic E-state index is 2.56. The molecular formula is C70H53N5. The van der Waals surface area contributed by atoms with Gasteiger partial charge in [-0.3, -0.25) is 0 Å². The van der Waals surface area contributed by atoms with E-state index in [1.807, 2.05) is 0 Å². The standard InChI is InChI=1S/C70H53N5/c1-6-20-49(21-7-1)71(54-33-39-59-58-30-16-17-32-65(58)73(66(59)41-35-54)51-24-10-3-11-25-51)56-37-43-68-63(46-56)60-40-34-55(36-42-67(60)74(68)52-26-12-4-13-27-52)72(50-22-8-2-9-23-50)57-38-44-69-64(47-57)61-31-18-19-48-45-62(48)70(61)75(69)53-28-14-5-15-29-53/h1-30,32-38,41-44,46-48,62H,31,39-40,45H2. The molecule has 5 heteroatoms. The van der Waals surface area contributed by atoms with Gasteiger partial charge in [-0.2, -0.15) is 0 Å². The second-order valence-corrected chi connectivity index (χ2v) is 20.3. The smallest absolute Gasteiger partial charge is 0.0539 e. The molecule has 8 aromatic carbocycles. The third kappa shape index (κ3) is 7.21. The minimum absolute atomic E-state index is 0.554. The van der Waals surface area contributed by atoms with E-state index in [2.05, 4.69) is 284 Å². The van der Waals surface area contributed by atoms with Gasteiger partial charge in [-0.1, -0.05) is 133 Å². The largest absolute Gasteiger partial charge is 0.313 e. The van der Waals surface area contributed by atoms with E-state index in [-0.39, 0.29) is 0 Å². The summed E-state index contributed by atoms with van der Waals surface area (Å²) in [7, 11) is 0. The summed E-state index contributed by atoms with van der Waals surface area (Å²) < 4.78 is 7.44. The van der Waals surface area contributed by atoms with E-state index in [1.165, 1.54) is 78.6 Å². The molecule has 0 saturated heterocycles. The highest BCUT2D eigenvalue weighted by atomic mass is 15.2. The van der Waals surface area contributed by atoms with Crippen LogP contribution in [0.25, 0.3) is 61.9 Å². The summed E-state index contributed by atoms with van der Waals surface area (Å²) in [5.41, 5.74) is 22.0. The Hall–Kier alpha value is -9.32. The molecule has 4 aliphatic rings. The summed E-state index contributed by atoms with van der Waals surface area (Å²) in [5.74, 6) is 1.18. The number of hydrogen-bond acceptors (Lipinski definition) is 2. The molecule has 1 saturated carbocycles. The number of para-hydroxylation sites is 6. The molecule has 358 valence electrons. The van der Waals surface area contributed by atoms with Crippen molar-refractivity contribution in [2.75, 3.05) is 9.80 Å². The Morgan fingerprint density at radius 2 is 0.800 bits per heavy atom. The Balaban J connectivity index is 0.865. The molecule has 0 bridgehead atoms. The molecule has 3 aromatic heterocycles. The molecule has 4 aliphatic carbocycles. The first-order chi connectivity index (χ1) is 37.2. The highest BCUT2D eigenvalue weighted by Gasteiger charge is 2.42. The molecule has 75 heavy (non-hydrogen) atoms. The van der Waals surface area contributed by atoms with Crippen LogP contribution in [-0.4, -0.2) is 13.7 Å². The number of rotatable bonds is 9. The van der Waals surface area contributed by atoms with Crippen LogP contribution >= 0.6 is 0 Å². The van der Waals surface area contributed by atoms with Gasteiger partial charge in [0.15, 0.2) is 0 Å². The van der Waals surface area contributed by atoms with E-state index in [0.29, 0.717) is 11.8 Å². The normalized spacial score (nSPS) is 16.3. The van der Waals surface area contributed by atoms with Crippen LogP contribution in [0.3, 0.4) is 0 Å². The molecule has 11 aromatic rings. The first-order valence-electron chi connectivity index (χ1n) is 26.5. The van der Waals surface area contributed by atoms with Crippen molar-refractivity contribution in [3.63, 3.8) is 0 Å². The molecule has 0 radical (unpaired) electrons. The monoisotopic (exact) mass is 963 g/mol. The predicted molar refractivity (Wildman–Crippen MR) is 312 cm³/mol. The van der Waals surface area contributed by atoms with Gasteiger partial charge in [-0.15, -0.1) is 0 Å². The summed E-state index contributed by atoms with van der Waals surface area (Å²) in [4.78, 5) is 4.90. The number of fused-ring (bicyclic) bond motifs is 11. The fraction of sp³-hybridized carbons (Fsp3) is 0.0857. The van der Waals surface area contributed by atoms with Crippen LogP contribution in [0.5, 0.6) is 0 Å². The number of benzene rings is 8. The van der Waals surface area contributed by atoms with E-state index in [9.17, 15) is 0 Å². The minimum Gasteiger partial charge on any atom is -0.313 e. The molecular weight excluding hydrogens is 911 g/mol. The molecule has 3 heterocycles. The van der Waals surface area contributed by atoms with Crippen LogP contribution in [-0.2, 0) is 19.3 Å². The molecule has 0 aliphatic heterocycles. The van der Waals surface area contributed by atoms with Gasteiger partial charge in [0.1, 0.15) is 0 Å². The Morgan fingerprint density at radius 3 is 1.35 bits per heavy atom. The van der Waals surface area contributed by atoms with Crippen molar-refractivity contribution >= 4 is 67.6 Å². The summed E-state index contributed by atoms with van der Waals surface area (Å²) in [6.07, 6.45) is 22.8. The van der Waals surface area contributed by atoms with Crippen LogP contribution in [0.1, 0.15) is 46.1 Å². The third-order valence-corrected chi connectivity index (χ3v) is 16.1. The van der Waals surface area contributed by atoms with Crippen LogP contribution in [0.15, 0.2) is 260 Å². The van der Waals surface area contributed by atoms with Crippen molar-refractivity contribution in [3.8, 4) is 17.1 Å². The first-order valence-corrected chi connectivity index (χ1v) is 26.5. The number of nitrogens with zero attached hydrogens (tertiary/aromatic N) is 5. The van der Waals surface area contributed by atoms with Crippen molar-refractivity contribution < 1.29 is 0 Å². The van der Waals surface area contributed by atoms with E-state index in [4.69, 9.17) is 0 Å². The van der Waals surface area contributed by atoms with Gasteiger partial charge in [-0.05, 0) is 176 Å². The highest BCUT2D eigenvalue weighted by Crippen LogP contribution is 2.54. The maximum Gasteiger partial charge on any atom is 0.0539 e. The fourth-order valence-corrected chi connectivity index (χ4v) is 12.6. The number of hydrogen-bond donors (Lipinski definition) is 0. The van der Waals surface area contributed by atoms with Gasteiger partial charge in [0, 0.05) is 79.0 Å². The summed E-state index contributed by atoms with van der Waals surface area (Å²) in [6, 6.07) is 77.5. The lowest BCUT2D eigenvalue weighted by Crippen LogP contribution is -2.15. The van der Waals surface area contributed by atoms with Crippen LogP contribution in [0.4, 0.5) is 22.7 Å². The third-order valence-electron chi connectivity index (χ3n) is 16.1. The summed E-state index contributed by atoms with van der Waals surface area (Å²) >= 11 is 0. The number of aromatic nitrogens is 3. The van der Waals surface area contributed by atoms with Gasteiger partial charge in [0.05, 0.1) is 27.9 Å². The van der Waals surface area contributed by atoms with Gasteiger partial charge in [-0.25, -0.2) is 0 Å². The van der Waals surface area contributed by atoms with Crippen molar-refractivity contribution in [1.82, 2.24) is 13.7 Å². The molecule has 1 fully saturated rings. The topological polar surface area (TPSA) is 21.3 Å². The first kappa shape index (κ1) is 43.3. The van der Waals surface area contributed by atoms with Crippen LogP contribution in [0.2, 0.25) is 0 Å². The maximum atomic E-state index is 2.56. The Labute approximate surface area is 437 Å². The number of anilines is 4.